The SMILES string of the molecule is COC[C@@]12CCO[C@@H]1CCN(C(=O)C1CC(F)(F)C1)C2. The van der Waals surface area contributed by atoms with Crippen LogP contribution in [-0.2, 0) is 14.3 Å². The number of halogens is 2. The highest BCUT2D eigenvalue weighted by Crippen LogP contribution is 2.45. The molecule has 114 valence electrons. The second-order valence-electron chi connectivity index (χ2n) is 6.41. The molecule has 3 rings (SSSR count). The normalized spacial score (nSPS) is 36.5. The number of carbonyl (C=O) groups is 1. The molecule has 0 aromatic carbocycles. The van der Waals surface area contributed by atoms with Gasteiger partial charge in [-0.1, -0.05) is 0 Å². The van der Waals surface area contributed by atoms with E-state index in [9.17, 15) is 13.6 Å². The van der Waals surface area contributed by atoms with Crippen molar-refractivity contribution in [1.82, 2.24) is 4.90 Å². The Hall–Kier alpha value is -0.750. The maximum Gasteiger partial charge on any atom is 0.249 e. The number of rotatable bonds is 3. The van der Waals surface area contributed by atoms with E-state index in [2.05, 4.69) is 0 Å². The van der Waals surface area contributed by atoms with Crippen molar-refractivity contribution in [2.75, 3.05) is 33.4 Å². The number of fused-ring (bicyclic) bond motifs is 1. The molecule has 6 heteroatoms. The molecule has 3 aliphatic rings. The first-order chi connectivity index (χ1) is 9.46. The Kier molecular flexibility index (Phi) is 3.49. The third kappa shape index (κ3) is 2.33. The van der Waals surface area contributed by atoms with E-state index in [4.69, 9.17) is 9.47 Å². The Labute approximate surface area is 117 Å². The monoisotopic (exact) mass is 289 g/mol. The molecule has 2 saturated heterocycles. The number of alkyl halides is 2. The number of piperidine rings is 1. The number of hydrogen-bond acceptors (Lipinski definition) is 3. The second kappa shape index (κ2) is 4.91. The van der Waals surface area contributed by atoms with Crippen LogP contribution in [0.25, 0.3) is 0 Å². The van der Waals surface area contributed by atoms with Gasteiger partial charge in [0.1, 0.15) is 0 Å². The summed E-state index contributed by atoms with van der Waals surface area (Å²) in [6, 6.07) is 0. The highest BCUT2D eigenvalue weighted by Gasteiger charge is 2.53. The van der Waals surface area contributed by atoms with E-state index < -0.39 is 11.8 Å². The molecule has 0 bridgehead atoms. The first-order valence-electron chi connectivity index (χ1n) is 7.23. The predicted molar refractivity (Wildman–Crippen MR) is 67.5 cm³/mol. The van der Waals surface area contributed by atoms with Gasteiger partial charge in [-0.15, -0.1) is 0 Å². The molecule has 0 N–H and O–H groups in total. The van der Waals surface area contributed by atoms with Gasteiger partial charge in [-0.3, -0.25) is 4.79 Å². The van der Waals surface area contributed by atoms with Gasteiger partial charge in [0.05, 0.1) is 12.7 Å². The van der Waals surface area contributed by atoms with Gasteiger partial charge in [-0.05, 0) is 12.8 Å². The molecule has 1 amide bonds. The molecule has 1 saturated carbocycles. The molecule has 0 radical (unpaired) electrons. The van der Waals surface area contributed by atoms with Crippen LogP contribution in [0, 0.1) is 11.3 Å². The lowest BCUT2D eigenvalue weighted by atomic mass is 9.75. The van der Waals surface area contributed by atoms with Gasteiger partial charge in [-0.25, -0.2) is 8.78 Å². The van der Waals surface area contributed by atoms with Gasteiger partial charge in [0.15, 0.2) is 0 Å². The summed E-state index contributed by atoms with van der Waals surface area (Å²) < 4.78 is 36.9. The zero-order valence-electron chi connectivity index (χ0n) is 11.7. The van der Waals surface area contributed by atoms with Crippen molar-refractivity contribution in [3.63, 3.8) is 0 Å². The number of carbonyl (C=O) groups excluding carboxylic acids is 1. The van der Waals surface area contributed by atoms with Crippen molar-refractivity contribution in [3.05, 3.63) is 0 Å². The zero-order chi connectivity index (χ0) is 14.4. The minimum absolute atomic E-state index is 0.114. The minimum atomic E-state index is -2.64. The number of methoxy groups -OCH3 is 1. The van der Waals surface area contributed by atoms with E-state index in [0.717, 1.165) is 12.8 Å². The van der Waals surface area contributed by atoms with E-state index >= 15 is 0 Å². The lowest BCUT2D eigenvalue weighted by Crippen LogP contribution is -2.56. The van der Waals surface area contributed by atoms with Gasteiger partial charge in [0.2, 0.25) is 11.8 Å². The summed E-state index contributed by atoms with van der Waals surface area (Å²) in [5.41, 5.74) is -0.144. The van der Waals surface area contributed by atoms with Crippen molar-refractivity contribution in [1.29, 1.82) is 0 Å². The Bertz CT molecular complexity index is 396. The predicted octanol–water partition coefficient (Wildman–Crippen LogP) is 1.69. The van der Waals surface area contributed by atoms with E-state index in [0.29, 0.717) is 26.3 Å². The number of nitrogens with zero attached hydrogens (tertiary/aromatic N) is 1. The van der Waals surface area contributed by atoms with E-state index in [1.165, 1.54) is 0 Å². The Balaban J connectivity index is 1.65. The molecule has 2 atom stereocenters. The number of hydrogen-bond donors (Lipinski definition) is 0. The van der Waals surface area contributed by atoms with Crippen LogP contribution in [0.1, 0.15) is 25.7 Å². The summed E-state index contributed by atoms with van der Waals surface area (Å²) in [7, 11) is 1.65. The molecular weight excluding hydrogens is 268 g/mol. The van der Waals surface area contributed by atoms with Crippen LogP contribution in [0.2, 0.25) is 0 Å². The van der Waals surface area contributed by atoms with Crippen LogP contribution in [0.15, 0.2) is 0 Å². The standard InChI is InChI=1S/C14H21F2NO3/c1-19-9-13-3-5-20-11(13)2-4-17(8-13)12(18)10-6-14(15,16)7-10/h10-11H,2-9H2,1H3/t11-,13+/m1/s1. The molecule has 0 aromatic heterocycles. The fourth-order valence-corrected chi connectivity index (χ4v) is 3.83. The highest BCUT2D eigenvalue weighted by atomic mass is 19.3. The quantitative estimate of drug-likeness (QED) is 0.793. The van der Waals surface area contributed by atoms with Crippen LogP contribution in [0.3, 0.4) is 0 Å². The molecule has 4 nitrogen and oxygen atoms in total. The third-order valence-corrected chi connectivity index (χ3v) is 4.95. The lowest BCUT2D eigenvalue weighted by Gasteiger charge is -2.45. The summed E-state index contributed by atoms with van der Waals surface area (Å²) in [4.78, 5) is 14.1. The number of likely N-dealkylation sites (tertiary alicyclic amines) is 1. The average molecular weight is 289 g/mol. The summed E-state index contributed by atoms with van der Waals surface area (Å²) in [6.07, 6.45) is 1.20. The molecule has 0 aromatic rings. The first-order valence-corrected chi connectivity index (χ1v) is 7.23. The van der Waals surface area contributed by atoms with Gasteiger partial charge >= 0.3 is 0 Å². The fourth-order valence-electron chi connectivity index (χ4n) is 3.83. The summed E-state index contributed by atoms with van der Waals surface area (Å²) in [6.45, 7) is 2.43. The van der Waals surface area contributed by atoms with Crippen molar-refractivity contribution >= 4 is 5.91 Å². The molecule has 3 fully saturated rings. The van der Waals surface area contributed by atoms with E-state index in [1.54, 1.807) is 12.0 Å². The fraction of sp³-hybridized carbons (Fsp3) is 0.929. The average Bonchev–Trinajstić information content (AvgIpc) is 2.77. The number of amides is 1. The van der Waals surface area contributed by atoms with E-state index in [-0.39, 0.29) is 30.3 Å². The maximum absolute atomic E-state index is 12.9. The summed E-state index contributed by atoms with van der Waals surface area (Å²) in [5, 5.41) is 0. The molecule has 2 aliphatic heterocycles. The maximum atomic E-state index is 12.9. The second-order valence-corrected chi connectivity index (χ2v) is 6.41. The Morgan fingerprint density at radius 1 is 1.45 bits per heavy atom. The molecule has 0 spiro atoms. The molecule has 1 aliphatic carbocycles. The smallest absolute Gasteiger partial charge is 0.249 e. The number of ether oxygens (including phenoxy) is 2. The molecule has 0 unspecified atom stereocenters. The highest BCUT2D eigenvalue weighted by molar-refractivity contribution is 5.80. The van der Waals surface area contributed by atoms with Crippen molar-refractivity contribution in [2.24, 2.45) is 11.3 Å². The van der Waals surface area contributed by atoms with Crippen LogP contribution in [0.4, 0.5) is 8.78 Å². The van der Waals surface area contributed by atoms with Crippen LogP contribution < -0.4 is 0 Å². The lowest BCUT2D eigenvalue weighted by molar-refractivity contribution is -0.165. The van der Waals surface area contributed by atoms with Gasteiger partial charge in [-0.2, -0.15) is 0 Å². The topological polar surface area (TPSA) is 38.8 Å². The van der Waals surface area contributed by atoms with Crippen molar-refractivity contribution in [3.8, 4) is 0 Å². The van der Waals surface area contributed by atoms with Gasteiger partial charge < -0.3 is 14.4 Å². The third-order valence-electron chi connectivity index (χ3n) is 4.95. The summed E-state index contributed by atoms with van der Waals surface area (Å²) >= 11 is 0. The largest absolute Gasteiger partial charge is 0.384 e. The minimum Gasteiger partial charge on any atom is -0.384 e. The van der Waals surface area contributed by atoms with E-state index in [1.807, 2.05) is 0 Å². The van der Waals surface area contributed by atoms with Gasteiger partial charge in [0, 0.05) is 51.0 Å². The van der Waals surface area contributed by atoms with Crippen molar-refractivity contribution in [2.45, 2.75) is 37.7 Å². The first kappa shape index (κ1) is 14.2. The molecular formula is C14H21F2NO3. The Morgan fingerprint density at radius 2 is 2.20 bits per heavy atom. The van der Waals surface area contributed by atoms with Crippen molar-refractivity contribution < 1.29 is 23.0 Å². The Morgan fingerprint density at radius 3 is 2.85 bits per heavy atom. The molecule has 20 heavy (non-hydrogen) atoms. The zero-order valence-corrected chi connectivity index (χ0v) is 11.7. The van der Waals surface area contributed by atoms with Gasteiger partial charge in [0.25, 0.3) is 0 Å². The van der Waals surface area contributed by atoms with Crippen LogP contribution in [-0.4, -0.2) is 56.2 Å². The van der Waals surface area contributed by atoms with Crippen LogP contribution in [0.5, 0.6) is 0 Å². The summed E-state index contributed by atoms with van der Waals surface area (Å²) in [5.74, 6) is -3.25. The van der Waals surface area contributed by atoms with Crippen LogP contribution >= 0.6 is 0 Å². The molecule has 2 heterocycles.